The number of ether oxygens (including phenoxy) is 2. The Balaban J connectivity index is 3.70. The normalized spacial score (nSPS) is 11.8. The fraction of sp³-hybridized carbons (Fsp3) is 0.905. The van der Waals surface area contributed by atoms with E-state index in [1.165, 1.54) is 51.4 Å². The lowest BCUT2D eigenvalue weighted by Gasteiger charge is -2.18. The smallest absolute Gasteiger partial charge is 0.157 e. The highest BCUT2D eigenvalue weighted by Crippen LogP contribution is 2.12. The van der Waals surface area contributed by atoms with Crippen molar-refractivity contribution in [2.24, 2.45) is 0 Å². The molecule has 0 spiro atoms. The second-order valence-electron chi connectivity index (χ2n) is 6.53. The molecule has 0 unspecified atom stereocenters. The first-order chi connectivity index (χ1) is 11.8. The first kappa shape index (κ1) is 23.9. The molecule has 0 radical (unpaired) electrons. The first-order valence-corrected chi connectivity index (χ1v) is 10.8. The zero-order valence-electron chi connectivity index (χ0n) is 16.2. The van der Waals surface area contributed by atoms with Crippen LogP contribution in [0.4, 0.5) is 0 Å². The highest BCUT2D eigenvalue weighted by Gasteiger charge is 2.08. The minimum atomic E-state index is 0.0120. The minimum absolute atomic E-state index is 0.0120. The Morgan fingerprint density at radius 2 is 1.29 bits per heavy atom. The molecule has 0 amide bonds. The predicted octanol–water partition coefficient (Wildman–Crippen LogP) is 7.25. The van der Waals surface area contributed by atoms with Crippen LogP contribution >= 0.6 is 11.6 Å². The highest BCUT2D eigenvalue weighted by atomic mass is 35.5. The van der Waals surface area contributed by atoms with Gasteiger partial charge in [0.25, 0.3) is 0 Å². The quantitative estimate of drug-likeness (QED) is 0.104. The van der Waals surface area contributed by atoms with E-state index in [0.29, 0.717) is 0 Å². The van der Waals surface area contributed by atoms with Gasteiger partial charge in [-0.2, -0.15) is 0 Å². The van der Waals surface area contributed by atoms with E-state index in [0.717, 1.165) is 51.2 Å². The summed E-state index contributed by atoms with van der Waals surface area (Å²) in [5.74, 6) is 0.766. The Kier molecular flexibility index (Phi) is 20.9. The van der Waals surface area contributed by atoms with Crippen LogP contribution in [0.15, 0.2) is 12.2 Å². The van der Waals surface area contributed by atoms with E-state index in [1.54, 1.807) is 0 Å². The predicted molar refractivity (Wildman–Crippen MR) is 107 cm³/mol. The molecule has 0 aromatic heterocycles. The van der Waals surface area contributed by atoms with Gasteiger partial charge in [0.15, 0.2) is 6.29 Å². The Morgan fingerprint density at radius 1 is 0.708 bits per heavy atom. The monoisotopic (exact) mass is 360 g/mol. The summed E-state index contributed by atoms with van der Waals surface area (Å²) in [6, 6.07) is 0. The molecule has 0 aliphatic rings. The van der Waals surface area contributed by atoms with Gasteiger partial charge in [-0.3, -0.25) is 0 Å². The summed E-state index contributed by atoms with van der Waals surface area (Å²) in [6.45, 7) is 6.14. The van der Waals surface area contributed by atoms with Crippen LogP contribution in [0.3, 0.4) is 0 Å². The van der Waals surface area contributed by atoms with Crippen LogP contribution in [0.2, 0.25) is 0 Å². The summed E-state index contributed by atoms with van der Waals surface area (Å²) in [6.07, 6.45) is 20.0. The van der Waals surface area contributed by atoms with Crippen molar-refractivity contribution in [2.75, 3.05) is 19.1 Å². The van der Waals surface area contributed by atoms with Gasteiger partial charge in [-0.25, -0.2) is 0 Å². The van der Waals surface area contributed by atoms with Crippen molar-refractivity contribution in [3.05, 3.63) is 12.2 Å². The minimum Gasteiger partial charge on any atom is -0.353 e. The maximum absolute atomic E-state index is 5.95. The standard InChI is InChI=1S/C21H41ClO2/c1-3-5-15-19-23-21(24-20-16-6-4-2)17-13-11-9-7-8-10-12-14-18-22/h8,10,21H,3-7,9,11-20H2,1-2H3/b10-8-. The van der Waals surface area contributed by atoms with E-state index in [-0.39, 0.29) is 6.29 Å². The number of alkyl halides is 1. The number of halogens is 1. The SMILES string of the molecule is CCCCCOC(CCCCC/C=C\CCCCl)OCCCCC. The van der Waals surface area contributed by atoms with Crippen molar-refractivity contribution in [3.63, 3.8) is 0 Å². The van der Waals surface area contributed by atoms with Gasteiger partial charge < -0.3 is 9.47 Å². The van der Waals surface area contributed by atoms with Crippen molar-refractivity contribution in [3.8, 4) is 0 Å². The van der Waals surface area contributed by atoms with Crippen LogP contribution in [-0.4, -0.2) is 25.4 Å². The summed E-state index contributed by atoms with van der Waals surface area (Å²) in [7, 11) is 0. The number of hydrogen-bond donors (Lipinski definition) is 0. The number of unbranched alkanes of at least 4 members (excludes halogenated alkanes) is 8. The topological polar surface area (TPSA) is 18.5 Å². The maximum Gasteiger partial charge on any atom is 0.157 e. The van der Waals surface area contributed by atoms with Crippen molar-refractivity contribution in [1.29, 1.82) is 0 Å². The van der Waals surface area contributed by atoms with Gasteiger partial charge in [0.2, 0.25) is 0 Å². The molecule has 0 aliphatic carbocycles. The average molecular weight is 361 g/mol. The summed E-state index contributed by atoms with van der Waals surface area (Å²) in [4.78, 5) is 0. The van der Waals surface area contributed by atoms with Crippen LogP contribution in [0, 0.1) is 0 Å². The molecule has 0 aromatic carbocycles. The molecule has 0 saturated carbocycles. The lowest BCUT2D eigenvalue weighted by atomic mass is 10.1. The average Bonchev–Trinajstić information content (AvgIpc) is 2.60. The maximum atomic E-state index is 5.95. The van der Waals surface area contributed by atoms with E-state index < -0.39 is 0 Å². The number of hydrogen-bond acceptors (Lipinski definition) is 2. The van der Waals surface area contributed by atoms with Crippen LogP contribution < -0.4 is 0 Å². The van der Waals surface area contributed by atoms with Crippen LogP contribution in [-0.2, 0) is 9.47 Å². The van der Waals surface area contributed by atoms with Crippen LogP contribution in [0.5, 0.6) is 0 Å². The second-order valence-corrected chi connectivity index (χ2v) is 6.90. The lowest BCUT2D eigenvalue weighted by Crippen LogP contribution is -2.19. The second kappa shape index (κ2) is 21.0. The molecule has 144 valence electrons. The molecule has 2 nitrogen and oxygen atoms in total. The number of allylic oxidation sites excluding steroid dienone is 2. The molecule has 24 heavy (non-hydrogen) atoms. The molecular weight excluding hydrogens is 320 g/mol. The van der Waals surface area contributed by atoms with Gasteiger partial charge in [0.05, 0.1) is 0 Å². The molecule has 0 heterocycles. The van der Waals surface area contributed by atoms with Crippen LogP contribution in [0.1, 0.15) is 97.3 Å². The van der Waals surface area contributed by atoms with E-state index in [2.05, 4.69) is 26.0 Å². The number of rotatable bonds is 19. The molecule has 0 rings (SSSR count). The van der Waals surface area contributed by atoms with Crippen molar-refractivity contribution in [1.82, 2.24) is 0 Å². The molecular formula is C21H41ClO2. The fourth-order valence-electron chi connectivity index (χ4n) is 2.53. The van der Waals surface area contributed by atoms with E-state index >= 15 is 0 Å². The van der Waals surface area contributed by atoms with Gasteiger partial charge in [0.1, 0.15) is 0 Å². The fourth-order valence-corrected chi connectivity index (χ4v) is 2.68. The summed E-state index contributed by atoms with van der Waals surface area (Å²) in [5.41, 5.74) is 0. The summed E-state index contributed by atoms with van der Waals surface area (Å²) in [5, 5.41) is 0. The zero-order chi connectivity index (χ0) is 17.7. The molecule has 0 fully saturated rings. The molecule has 3 heteroatoms. The summed E-state index contributed by atoms with van der Waals surface area (Å²) >= 11 is 5.66. The molecule has 0 saturated heterocycles. The van der Waals surface area contributed by atoms with Gasteiger partial charge in [-0.15, -0.1) is 11.6 Å². The van der Waals surface area contributed by atoms with Crippen LogP contribution in [0.25, 0.3) is 0 Å². The van der Waals surface area contributed by atoms with Crippen molar-refractivity contribution < 1.29 is 9.47 Å². The zero-order valence-corrected chi connectivity index (χ0v) is 17.0. The summed E-state index contributed by atoms with van der Waals surface area (Å²) < 4.78 is 11.9. The molecule has 0 aliphatic heterocycles. The van der Waals surface area contributed by atoms with Gasteiger partial charge in [-0.05, 0) is 51.4 Å². The largest absolute Gasteiger partial charge is 0.353 e. The Labute approximate surface area is 156 Å². The van der Waals surface area contributed by atoms with E-state index in [1.807, 2.05) is 0 Å². The third kappa shape index (κ3) is 18.3. The third-order valence-electron chi connectivity index (χ3n) is 4.08. The van der Waals surface area contributed by atoms with E-state index in [9.17, 15) is 0 Å². The Bertz CT molecular complexity index is 244. The molecule has 0 bridgehead atoms. The Morgan fingerprint density at radius 3 is 1.83 bits per heavy atom. The molecule has 0 N–H and O–H groups in total. The van der Waals surface area contributed by atoms with Gasteiger partial charge >= 0.3 is 0 Å². The first-order valence-electron chi connectivity index (χ1n) is 10.3. The van der Waals surface area contributed by atoms with Gasteiger partial charge in [0, 0.05) is 19.1 Å². The van der Waals surface area contributed by atoms with Gasteiger partial charge in [-0.1, -0.05) is 58.1 Å². The molecule has 0 aromatic rings. The Hall–Kier alpha value is -0.0500. The lowest BCUT2D eigenvalue weighted by molar-refractivity contribution is -0.148. The highest BCUT2D eigenvalue weighted by molar-refractivity contribution is 6.17. The van der Waals surface area contributed by atoms with Crippen molar-refractivity contribution >= 4 is 11.6 Å². The van der Waals surface area contributed by atoms with Crippen molar-refractivity contribution in [2.45, 2.75) is 104 Å². The third-order valence-corrected chi connectivity index (χ3v) is 4.35. The van der Waals surface area contributed by atoms with E-state index in [4.69, 9.17) is 21.1 Å². The molecule has 0 atom stereocenters.